The standard InChI is InChI=1S/C19H18Cl4N2O5/c1-30-19(29)9-5-3-2-4-8(9)6-24-10(26)7-25-17(27)11-12(18(25)28)14(21)16(23)15(22)13(11)20/h8-9H,2-7H2,1H3,(H,24,26). The Morgan fingerprint density at radius 2 is 1.50 bits per heavy atom. The van der Waals surface area contributed by atoms with Crippen LogP contribution in [0.2, 0.25) is 20.1 Å². The average Bonchev–Trinajstić information content (AvgIpc) is 2.99. The maximum absolute atomic E-state index is 12.7. The van der Waals surface area contributed by atoms with E-state index in [0.29, 0.717) is 6.42 Å². The molecule has 1 fully saturated rings. The van der Waals surface area contributed by atoms with Crippen molar-refractivity contribution in [2.24, 2.45) is 11.8 Å². The van der Waals surface area contributed by atoms with Crippen LogP contribution in [-0.4, -0.2) is 48.8 Å². The van der Waals surface area contributed by atoms with E-state index < -0.39 is 24.3 Å². The molecule has 1 aliphatic heterocycles. The lowest BCUT2D eigenvalue weighted by molar-refractivity contribution is -0.148. The number of carbonyl (C=O) groups excluding carboxylic acids is 4. The fraction of sp³-hybridized carbons (Fsp3) is 0.474. The third kappa shape index (κ3) is 4.13. The van der Waals surface area contributed by atoms with Gasteiger partial charge in [0.25, 0.3) is 11.8 Å². The minimum absolute atomic E-state index is 0.0705. The third-order valence-corrected chi connectivity index (χ3v) is 7.26. The highest BCUT2D eigenvalue weighted by atomic mass is 35.5. The van der Waals surface area contributed by atoms with Gasteiger partial charge in [-0.05, 0) is 18.8 Å². The molecule has 1 aromatic rings. The van der Waals surface area contributed by atoms with Gasteiger partial charge in [-0.1, -0.05) is 59.2 Å². The first-order chi connectivity index (χ1) is 14.2. The van der Waals surface area contributed by atoms with Crippen molar-refractivity contribution in [2.75, 3.05) is 20.2 Å². The fourth-order valence-corrected chi connectivity index (χ4v) is 4.91. The number of fused-ring (bicyclic) bond motifs is 1. The number of halogens is 4. The van der Waals surface area contributed by atoms with Crippen molar-refractivity contribution in [2.45, 2.75) is 25.7 Å². The number of benzene rings is 1. The van der Waals surface area contributed by atoms with Gasteiger partial charge in [0.2, 0.25) is 5.91 Å². The summed E-state index contributed by atoms with van der Waals surface area (Å²) in [6.07, 6.45) is 3.34. The summed E-state index contributed by atoms with van der Waals surface area (Å²) in [4.78, 5) is 50.5. The van der Waals surface area contributed by atoms with E-state index in [4.69, 9.17) is 51.1 Å². The highest BCUT2D eigenvalue weighted by Gasteiger charge is 2.42. The molecule has 3 amide bonds. The summed E-state index contributed by atoms with van der Waals surface area (Å²) < 4.78 is 4.84. The van der Waals surface area contributed by atoms with Crippen LogP contribution in [0.25, 0.3) is 0 Å². The van der Waals surface area contributed by atoms with E-state index in [0.717, 1.165) is 24.2 Å². The number of carbonyl (C=O) groups is 4. The molecule has 162 valence electrons. The summed E-state index contributed by atoms with van der Waals surface area (Å²) >= 11 is 24.1. The quantitative estimate of drug-likeness (QED) is 0.288. The number of rotatable bonds is 5. The molecule has 11 heteroatoms. The smallest absolute Gasteiger partial charge is 0.309 e. The average molecular weight is 496 g/mol. The summed E-state index contributed by atoms with van der Waals surface area (Å²) in [5, 5.41) is 2.04. The van der Waals surface area contributed by atoms with Crippen LogP contribution in [-0.2, 0) is 14.3 Å². The molecule has 1 N–H and O–H groups in total. The Balaban J connectivity index is 1.70. The molecule has 1 aliphatic carbocycles. The third-order valence-electron chi connectivity index (χ3n) is 5.46. The van der Waals surface area contributed by atoms with Crippen LogP contribution in [0.15, 0.2) is 0 Å². The van der Waals surface area contributed by atoms with E-state index in [-0.39, 0.29) is 55.6 Å². The van der Waals surface area contributed by atoms with Gasteiger partial charge in [-0.25, -0.2) is 0 Å². The lowest BCUT2D eigenvalue weighted by Crippen LogP contribution is -2.43. The molecule has 0 bridgehead atoms. The molecule has 2 unspecified atom stereocenters. The van der Waals surface area contributed by atoms with E-state index in [9.17, 15) is 19.2 Å². The molecular weight excluding hydrogens is 478 g/mol. The minimum Gasteiger partial charge on any atom is -0.469 e. The number of hydrogen-bond donors (Lipinski definition) is 1. The summed E-state index contributed by atoms with van der Waals surface area (Å²) in [5.41, 5.74) is -0.348. The van der Waals surface area contributed by atoms with E-state index in [2.05, 4.69) is 5.32 Å². The van der Waals surface area contributed by atoms with Crippen LogP contribution in [0, 0.1) is 11.8 Å². The first-order valence-corrected chi connectivity index (χ1v) is 10.8. The Bertz CT molecular complexity index is 889. The number of methoxy groups -OCH3 is 1. The number of esters is 1. The molecule has 1 aromatic carbocycles. The number of imide groups is 1. The zero-order valence-electron chi connectivity index (χ0n) is 15.9. The lowest BCUT2D eigenvalue weighted by atomic mass is 9.79. The normalized spacial score (nSPS) is 20.9. The summed E-state index contributed by atoms with van der Waals surface area (Å²) in [6.45, 7) is -0.287. The molecule has 30 heavy (non-hydrogen) atoms. The fourth-order valence-electron chi connectivity index (χ4n) is 3.90. The summed E-state index contributed by atoms with van der Waals surface area (Å²) in [6, 6.07) is 0. The van der Waals surface area contributed by atoms with E-state index in [1.165, 1.54) is 7.11 Å². The first kappa shape index (κ1) is 23.1. The molecule has 0 radical (unpaired) electrons. The van der Waals surface area contributed by atoms with Gasteiger partial charge in [-0.2, -0.15) is 0 Å². The van der Waals surface area contributed by atoms with Crippen molar-refractivity contribution in [3.63, 3.8) is 0 Å². The Labute approximate surface area is 192 Å². The summed E-state index contributed by atoms with van der Waals surface area (Å²) in [5.74, 6) is -2.76. The van der Waals surface area contributed by atoms with Gasteiger partial charge in [-0.3, -0.25) is 24.1 Å². The van der Waals surface area contributed by atoms with Gasteiger partial charge >= 0.3 is 5.97 Å². The van der Waals surface area contributed by atoms with Crippen LogP contribution in [0.4, 0.5) is 0 Å². The van der Waals surface area contributed by atoms with Crippen molar-refractivity contribution in [3.05, 3.63) is 31.2 Å². The molecule has 2 aliphatic rings. The second-order valence-electron chi connectivity index (χ2n) is 7.18. The van der Waals surface area contributed by atoms with Crippen LogP contribution in [0.5, 0.6) is 0 Å². The van der Waals surface area contributed by atoms with Gasteiger partial charge in [0.15, 0.2) is 0 Å². The predicted molar refractivity (Wildman–Crippen MR) is 112 cm³/mol. The Hall–Kier alpha value is -1.54. The van der Waals surface area contributed by atoms with E-state index in [1.807, 2.05) is 0 Å². The number of hydrogen-bond acceptors (Lipinski definition) is 5. The monoisotopic (exact) mass is 494 g/mol. The number of nitrogens with zero attached hydrogens (tertiary/aromatic N) is 1. The van der Waals surface area contributed by atoms with Crippen LogP contribution in [0.3, 0.4) is 0 Å². The molecule has 1 heterocycles. The molecule has 7 nitrogen and oxygen atoms in total. The topological polar surface area (TPSA) is 92.8 Å². The zero-order chi connectivity index (χ0) is 22.2. The van der Waals surface area contributed by atoms with E-state index in [1.54, 1.807) is 0 Å². The molecular formula is C19H18Cl4N2O5. The van der Waals surface area contributed by atoms with Crippen LogP contribution >= 0.6 is 46.4 Å². The SMILES string of the molecule is COC(=O)C1CCCCC1CNC(=O)CN1C(=O)c2c(Cl)c(Cl)c(Cl)c(Cl)c2C1=O. The number of nitrogens with one attached hydrogen (secondary N) is 1. The largest absolute Gasteiger partial charge is 0.469 e. The summed E-state index contributed by atoms with van der Waals surface area (Å²) in [7, 11) is 1.34. The maximum Gasteiger partial charge on any atom is 0.309 e. The molecule has 0 spiro atoms. The molecule has 0 saturated heterocycles. The number of amides is 3. The van der Waals surface area contributed by atoms with Crippen molar-refractivity contribution in [3.8, 4) is 0 Å². The Kier molecular flexibility index (Phi) is 7.17. The lowest BCUT2D eigenvalue weighted by Gasteiger charge is -2.29. The highest BCUT2D eigenvalue weighted by Crippen LogP contribution is 2.44. The second kappa shape index (κ2) is 9.30. The molecule has 3 rings (SSSR count). The minimum atomic E-state index is -0.777. The van der Waals surface area contributed by atoms with Gasteiger partial charge in [0.1, 0.15) is 6.54 Å². The van der Waals surface area contributed by atoms with Crippen molar-refractivity contribution in [1.29, 1.82) is 0 Å². The Morgan fingerprint density at radius 1 is 0.967 bits per heavy atom. The zero-order valence-corrected chi connectivity index (χ0v) is 18.9. The molecule has 0 aromatic heterocycles. The first-order valence-electron chi connectivity index (χ1n) is 9.25. The number of ether oxygens (including phenoxy) is 1. The Morgan fingerprint density at radius 3 is 2.03 bits per heavy atom. The predicted octanol–water partition coefficient (Wildman–Crippen LogP) is 3.99. The van der Waals surface area contributed by atoms with Gasteiger partial charge < -0.3 is 10.1 Å². The van der Waals surface area contributed by atoms with Crippen molar-refractivity contribution >= 4 is 70.1 Å². The highest BCUT2D eigenvalue weighted by molar-refractivity contribution is 6.55. The van der Waals surface area contributed by atoms with Gasteiger partial charge in [-0.15, -0.1) is 0 Å². The maximum atomic E-state index is 12.7. The van der Waals surface area contributed by atoms with E-state index >= 15 is 0 Å². The second-order valence-corrected chi connectivity index (χ2v) is 8.69. The molecule has 1 saturated carbocycles. The molecule has 2 atom stereocenters. The van der Waals surface area contributed by atoms with Gasteiger partial charge in [0.05, 0.1) is 44.2 Å². The van der Waals surface area contributed by atoms with Crippen molar-refractivity contribution in [1.82, 2.24) is 10.2 Å². The van der Waals surface area contributed by atoms with Gasteiger partial charge in [0, 0.05) is 6.54 Å². The van der Waals surface area contributed by atoms with Crippen molar-refractivity contribution < 1.29 is 23.9 Å². The van der Waals surface area contributed by atoms with Crippen LogP contribution < -0.4 is 5.32 Å². The van der Waals surface area contributed by atoms with Crippen LogP contribution in [0.1, 0.15) is 46.4 Å².